The normalized spacial score (nSPS) is 12.0. The second-order valence-electron chi connectivity index (χ2n) is 4.93. The number of benzene rings is 1. The summed E-state index contributed by atoms with van der Waals surface area (Å²) in [6, 6.07) is 8.84. The summed E-state index contributed by atoms with van der Waals surface area (Å²) in [6.07, 6.45) is -4.43. The number of alkyl halides is 3. The molecule has 4 nitrogen and oxygen atoms in total. The molecule has 9 heteroatoms. The Morgan fingerprint density at radius 1 is 1.29 bits per heavy atom. The number of hydrogen-bond donors (Lipinski definition) is 1. The molecule has 126 valence electrons. The fourth-order valence-corrected chi connectivity index (χ4v) is 3.44. The van der Waals surface area contributed by atoms with Gasteiger partial charge < -0.3 is 9.72 Å². The van der Waals surface area contributed by atoms with Gasteiger partial charge in [-0.15, -0.1) is 11.3 Å². The fraction of sp³-hybridized carbons (Fsp3) is 0.200. The number of hydrogen-bond acceptors (Lipinski definition) is 4. The zero-order chi connectivity index (χ0) is 17.3. The third-order valence-electron chi connectivity index (χ3n) is 3.08. The highest BCUT2D eigenvalue weighted by atomic mass is 35.5. The Balaban J connectivity index is 1.92. The molecule has 2 heterocycles. The van der Waals surface area contributed by atoms with Crippen LogP contribution in [0.3, 0.4) is 0 Å². The van der Waals surface area contributed by atoms with Crippen molar-refractivity contribution >= 4 is 33.2 Å². The van der Waals surface area contributed by atoms with E-state index in [2.05, 4.69) is 14.7 Å². The first-order valence-electron chi connectivity index (χ1n) is 6.75. The summed E-state index contributed by atoms with van der Waals surface area (Å²) in [5.74, 6) is 0.0419. The van der Waals surface area contributed by atoms with Crippen molar-refractivity contribution in [3.05, 3.63) is 51.5 Å². The van der Waals surface area contributed by atoms with Gasteiger partial charge in [0.05, 0.1) is 5.52 Å². The average molecular weight is 375 g/mol. The zero-order valence-electron chi connectivity index (χ0n) is 12.0. The van der Waals surface area contributed by atoms with Gasteiger partial charge >= 0.3 is 6.18 Å². The molecule has 0 unspecified atom stereocenters. The number of aromatic amines is 1. The topological polar surface area (TPSA) is 55.0 Å². The summed E-state index contributed by atoms with van der Waals surface area (Å²) in [4.78, 5) is 19.4. The molecule has 0 aliphatic rings. The molecule has 1 N–H and O–H groups in total. The minimum absolute atomic E-state index is 0.0419. The number of aromatic nitrogens is 2. The molecule has 0 bridgehead atoms. The van der Waals surface area contributed by atoms with Crippen molar-refractivity contribution in [2.45, 2.75) is 12.8 Å². The van der Waals surface area contributed by atoms with Crippen LogP contribution in [0.4, 0.5) is 13.2 Å². The maximum absolute atomic E-state index is 12.1. The van der Waals surface area contributed by atoms with Gasteiger partial charge in [-0.3, -0.25) is 4.79 Å². The summed E-state index contributed by atoms with van der Waals surface area (Å²) >= 11 is 7.36. The molecule has 0 amide bonds. The Morgan fingerprint density at radius 2 is 2.04 bits per heavy atom. The lowest BCUT2D eigenvalue weighted by molar-refractivity contribution is -0.177. The van der Waals surface area contributed by atoms with E-state index in [0.717, 1.165) is 10.4 Å². The molecule has 24 heavy (non-hydrogen) atoms. The highest BCUT2D eigenvalue weighted by Gasteiger charge is 2.27. The van der Waals surface area contributed by atoms with Gasteiger partial charge in [0.25, 0.3) is 5.56 Å². The molecule has 0 spiro atoms. The molecule has 3 rings (SSSR count). The van der Waals surface area contributed by atoms with Crippen LogP contribution in [0.25, 0.3) is 20.7 Å². The van der Waals surface area contributed by atoms with Crippen molar-refractivity contribution in [1.29, 1.82) is 0 Å². The lowest BCUT2D eigenvalue weighted by Gasteiger charge is -2.06. The van der Waals surface area contributed by atoms with Gasteiger partial charge in [0.15, 0.2) is 0 Å². The van der Waals surface area contributed by atoms with Crippen LogP contribution in [-0.4, -0.2) is 22.8 Å². The molecule has 0 saturated carbocycles. The molecule has 3 aromatic rings. The Kier molecular flexibility index (Phi) is 4.62. The summed E-state index contributed by atoms with van der Waals surface area (Å²) in [6.45, 7) is -1.83. The summed E-state index contributed by atoms with van der Waals surface area (Å²) in [5.41, 5.74) is 0.731. The van der Waals surface area contributed by atoms with Crippen LogP contribution < -0.4 is 5.56 Å². The van der Waals surface area contributed by atoms with E-state index in [1.165, 1.54) is 11.3 Å². The van der Waals surface area contributed by atoms with Gasteiger partial charge in [-0.25, -0.2) is 4.98 Å². The van der Waals surface area contributed by atoms with Crippen LogP contribution in [0.1, 0.15) is 5.82 Å². The molecule has 0 saturated heterocycles. The van der Waals surface area contributed by atoms with Crippen LogP contribution in [-0.2, 0) is 11.3 Å². The first kappa shape index (κ1) is 16.9. The van der Waals surface area contributed by atoms with Crippen LogP contribution in [0.15, 0.2) is 35.1 Å². The second-order valence-corrected chi connectivity index (χ2v) is 6.38. The highest BCUT2D eigenvalue weighted by molar-refractivity contribution is 7.22. The van der Waals surface area contributed by atoms with Crippen molar-refractivity contribution in [3.63, 3.8) is 0 Å². The number of nitrogens with zero attached hydrogens (tertiary/aromatic N) is 1. The maximum Gasteiger partial charge on any atom is 0.411 e. The predicted molar refractivity (Wildman–Crippen MR) is 86.4 cm³/mol. The highest BCUT2D eigenvalue weighted by Crippen LogP contribution is 2.35. The van der Waals surface area contributed by atoms with Crippen LogP contribution >= 0.6 is 22.9 Å². The number of nitrogens with one attached hydrogen (secondary N) is 1. The molecular formula is C15H10ClF3N2O2S. The van der Waals surface area contributed by atoms with Gasteiger partial charge in [0.1, 0.15) is 23.7 Å². The van der Waals surface area contributed by atoms with Crippen LogP contribution in [0, 0.1) is 0 Å². The minimum atomic E-state index is -4.43. The number of H-pyrrole nitrogens is 1. The van der Waals surface area contributed by atoms with E-state index in [9.17, 15) is 18.0 Å². The van der Waals surface area contributed by atoms with Gasteiger partial charge in [0, 0.05) is 15.5 Å². The van der Waals surface area contributed by atoms with E-state index < -0.39 is 24.9 Å². The molecule has 1 aromatic carbocycles. The Labute approximate surface area is 142 Å². The summed E-state index contributed by atoms with van der Waals surface area (Å²) in [5, 5.41) is 0.536. The van der Waals surface area contributed by atoms with Gasteiger partial charge in [0.2, 0.25) is 0 Å². The molecular weight excluding hydrogens is 365 g/mol. The Bertz CT molecular complexity index is 936. The zero-order valence-corrected chi connectivity index (χ0v) is 13.6. The third-order valence-corrected chi connectivity index (χ3v) is 4.56. The van der Waals surface area contributed by atoms with Crippen molar-refractivity contribution in [1.82, 2.24) is 9.97 Å². The molecule has 0 atom stereocenters. The first-order chi connectivity index (χ1) is 11.3. The number of thiophene rings is 1. The maximum atomic E-state index is 12.1. The lowest BCUT2D eigenvalue weighted by atomic mass is 10.2. The van der Waals surface area contributed by atoms with Gasteiger partial charge in [-0.1, -0.05) is 29.8 Å². The quantitative estimate of drug-likeness (QED) is 0.737. The van der Waals surface area contributed by atoms with Crippen molar-refractivity contribution < 1.29 is 17.9 Å². The van der Waals surface area contributed by atoms with Gasteiger partial charge in [-0.2, -0.15) is 13.2 Å². The number of ether oxygens (including phenoxy) is 1. The smallest absolute Gasteiger partial charge is 0.364 e. The van der Waals surface area contributed by atoms with E-state index in [0.29, 0.717) is 15.2 Å². The van der Waals surface area contributed by atoms with E-state index in [1.54, 1.807) is 18.2 Å². The van der Waals surface area contributed by atoms with Crippen LogP contribution in [0.2, 0.25) is 5.02 Å². The molecule has 0 fully saturated rings. The van der Waals surface area contributed by atoms with Gasteiger partial charge in [-0.05, 0) is 12.1 Å². The largest absolute Gasteiger partial charge is 0.411 e. The Morgan fingerprint density at radius 3 is 2.75 bits per heavy atom. The van der Waals surface area contributed by atoms with E-state index in [4.69, 9.17) is 11.6 Å². The molecule has 2 aromatic heterocycles. The van der Waals surface area contributed by atoms with E-state index in [1.807, 2.05) is 12.1 Å². The van der Waals surface area contributed by atoms with E-state index >= 15 is 0 Å². The Hall–Kier alpha value is -1.90. The second kappa shape index (κ2) is 6.54. The van der Waals surface area contributed by atoms with Crippen molar-refractivity contribution in [3.8, 4) is 10.4 Å². The summed E-state index contributed by atoms with van der Waals surface area (Å²) < 4.78 is 41.2. The summed E-state index contributed by atoms with van der Waals surface area (Å²) in [7, 11) is 0. The first-order valence-corrected chi connectivity index (χ1v) is 7.95. The molecule has 0 aliphatic carbocycles. The number of fused-ring (bicyclic) bond motifs is 1. The molecule has 0 aliphatic heterocycles. The SMILES string of the molecule is O=c1[nH]c(COCC(F)(F)F)nc2cc(-c3ccccc3Cl)sc12. The standard InChI is InChI=1S/C15H10ClF3N2O2S/c16-9-4-2-1-3-8(9)11-5-10-13(24-11)14(22)21-12(20-10)6-23-7-15(17,18)19/h1-5H,6-7H2,(H,20,21,22). The lowest BCUT2D eigenvalue weighted by Crippen LogP contribution is -2.18. The fourth-order valence-electron chi connectivity index (χ4n) is 2.11. The van der Waals surface area contributed by atoms with Crippen LogP contribution in [0.5, 0.6) is 0 Å². The van der Waals surface area contributed by atoms with Crippen molar-refractivity contribution in [2.75, 3.05) is 6.61 Å². The minimum Gasteiger partial charge on any atom is -0.364 e. The monoisotopic (exact) mass is 374 g/mol. The third kappa shape index (κ3) is 3.77. The van der Waals surface area contributed by atoms with Crippen molar-refractivity contribution in [2.24, 2.45) is 0 Å². The average Bonchev–Trinajstić information content (AvgIpc) is 2.91. The van der Waals surface area contributed by atoms with E-state index in [-0.39, 0.29) is 5.82 Å². The number of halogens is 4. The predicted octanol–water partition coefficient (Wildman–Crippen LogP) is 4.38. The number of rotatable bonds is 4. The molecule has 0 radical (unpaired) electrons.